The summed E-state index contributed by atoms with van der Waals surface area (Å²) in [6.07, 6.45) is 0.534. The molecule has 0 aromatic carbocycles. The van der Waals surface area contributed by atoms with Crippen LogP contribution in [0, 0.1) is 0 Å². The Labute approximate surface area is 203 Å². The Morgan fingerprint density at radius 1 is 1.33 bits per heavy atom. The van der Waals surface area contributed by atoms with Gasteiger partial charge in [0.15, 0.2) is 0 Å². The van der Waals surface area contributed by atoms with Crippen molar-refractivity contribution in [1.82, 2.24) is 9.97 Å². The fraction of sp³-hybridized carbons (Fsp3) is 0.450. The van der Waals surface area contributed by atoms with Gasteiger partial charge in [-0.1, -0.05) is 0 Å². The standard InChI is InChI=1S/C20H21F4N4O3P.Sb/c1-19(21,22)10-4-15(26-16(5-10)28-8-11-6-12(9-28)31-11)13-2-3-25-17(27-18(29)30)14(13)7-20(23,24)32;/h2-5,11-12H,6-9,32H2,1H3,(H,25,27)(H,29,30);/q;+1/p-1. The summed E-state index contributed by atoms with van der Waals surface area (Å²) in [6.45, 7) is 1.78. The summed E-state index contributed by atoms with van der Waals surface area (Å²) >= 11 is 0.751. The first-order valence-corrected chi connectivity index (χ1v) is 11.6. The third-order valence-corrected chi connectivity index (χ3v) is 6.13. The molecule has 1 N–H and O–H groups in total. The summed E-state index contributed by atoms with van der Waals surface area (Å²) in [5.74, 6) is -3.03. The molecule has 5 heterocycles. The van der Waals surface area contributed by atoms with Crippen LogP contribution in [0.25, 0.3) is 11.3 Å². The molecule has 2 aromatic rings. The number of piperidine rings is 1. The average molecular weight is 593 g/mol. The Kier molecular flexibility index (Phi) is 6.78. The number of nitrogens with zero attached hydrogens (tertiary/aromatic N) is 3. The van der Waals surface area contributed by atoms with Crippen molar-refractivity contribution in [1.29, 1.82) is 0 Å². The van der Waals surface area contributed by atoms with E-state index in [0.29, 0.717) is 18.9 Å². The Morgan fingerprint density at radius 3 is 2.58 bits per heavy atom. The molecule has 3 fully saturated rings. The molecule has 3 aliphatic heterocycles. The van der Waals surface area contributed by atoms with Crippen LogP contribution >= 0.6 is 9.24 Å². The molecule has 176 valence electrons. The van der Waals surface area contributed by atoms with Gasteiger partial charge in [0.05, 0.1) is 0 Å². The summed E-state index contributed by atoms with van der Waals surface area (Å²) < 4.78 is 67.0. The molecule has 7 nitrogen and oxygen atoms in total. The molecule has 3 saturated heterocycles. The van der Waals surface area contributed by atoms with Crippen LogP contribution in [0.2, 0.25) is 0 Å². The number of ether oxygens (including phenoxy) is 1. The molecule has 2 radical (unpaired) electrons. The zero-order chi connectivity index (χ0) is 24.0. The number of nitrogens with one attached hydrogen (secondary N) is 1. The van der Waals surface area contributed by atoms with E-state index in [4.69, 9.17) is 4.74 Å². The Hall–Kier alpha value is -1.70. The predicted octanol–water partition coefficient (Wildman–Crippen LogP) is 3.88. The van der Waals surface area contributed by atoms with Gasteiger partial charge in [0.25, 0.3) is 0 Å². The van der Waals surface area contributed by atoms with Crippen molar-refractivity contribution < 1.29 is 30.1 Å². The molecule has 5 rings (SSSR count). The number of hydrogen-bond donors (Lipinski definition) is 1. The molecule has 13 heteroatoms. The van der Waals surface area contributed by atoms with Crippen LogP contribution in [0.1, 0.15) is 24.5 Å². The maximum absolute atomic E-state index is 14.4. The molecule has 33 heavy (non-hydrogen) atoms. The van der Waals surface area contributed by atoms with Gasteiger partial charge in [-0.15, -0.1) is 0 Å². The van der Waals surface area contributed by atoms with Gasteiger partial charge in [-0.05, 0) is 0 Å². The number of fused-ring (bicyclic) bond motifs is 2. The first-order valence-electron chi connectivity index (χ1n) is 10.0. The zero-order valence-electron chi connectivity index (χ0n) is 17.4. The molecule has 2 aromatic heterocycles. The average Bonchev–Trinajstić information content (AvgIpc) is 2.72. The molecule has 3 atom stereocenters. The van der Waals surface area contributed by atoms with E-state index >= 15 is 0 Å². The number of hydrogen-bond acceptors (Lipinski definition) is 6. The van der Waals surface area contributed by atoms with Crippen molar-refractivity contribution in [2.45, 2.75) is 43.6 Å². The van der Waals surface area contributed by atoms with Gasteiger partial charge in [0.1, 0.15) is 0 Å². The minimum atomic E-state index is -3.24. The minimum absolute atomic E-state index is 0.0178. The van der Waals surface area contributed by atoms with E-state index in [1.807, 2.05) is 4.90 Å². The molecule has 0 saturated carbocycles. The van der Waals surface area contributed by atoms with E-state index in [-0.39, 0.29) is 40.4 Å². The second-order valence-electron chi connectivity index (χ2n) is 8.14. The van der Waals surface area contributed by atoms with Crippen molar-refractivity contribution in [3.8, 4) is 11.3 Å². The van der Waals surface area contributed by atoms with Crippen molar-refractivity contribution >= 4 is 50.4 Å². The number of morpholine rings is 1. The Morgan fingerprint density at radius 2 is 2.00 bits per heavy atom. The van der Waals surface area contributed by atoms with E-state index in [9.17, 15) is 22.4 Å². The summed E-state index contributed by atoms with van der Waals surface area (Å²) in [6, 6.07) is 3.90. The topological polar surface area (TPSA) is 76.6 Å². The molecule has 3 unspecified atom stereocenters. The van der Waals surface area contributed by atoms with Crippen LogP contribution in [-0.2, 0) is 20.1 Å². The van der Waals surface area contributed by atoms with Gasteiger partial charge in [-0.25, -0.2) is 0 Å². The third kappa shape index (κ3) is 5.69. The van der Waals surface area contributed by atoms with Gasteiger partial charge < -0.3 is 4.74 Å². The maximum atomic E-state index is 14.4. The quantitative estimate of drug-likeness (QED) is 0.312. The molecule has 2 bridgehead atoms. The number of carbonyl (C=O) groups excluding carboxylic acids is 1. The van der Waals surface area contributed by atoms with Crippen LogP contribution in [0.3, 0.4) is 0 Å². The summed E-state index contributed by atoms with van der Waals surface area (Å²) in [5.41, 5.74) is -3.35. The second-order valence-corrected chi connectivity index (χ2v) is 9.50. The Bertz CT molecular complexity index is 1050. The Balaban J connectivity index is 1.83. The van der Waals surface area contributed by atoms with Gasteiger partial charge in [0.2, 0.25) is 0 Å². The third-order valence-electron chi connectivity index (χ3n) is 5.45. The normalized spacial score (nSPS) is 20.3. The monoisotopic (exact) mass is 592 g/mol. The molecular formula is C20H20F4N4O3PSb. The molecule has 3 aliphatic rings. The predicted molar refractivity (Wildman–Crippen MR) is 117 cm³/mol. The van der Waals surface area contributed by atoms with Crippen LogP contribution in [-0.4, -0.2) is 70.5 Å². The van der Waals surface area contributed by atoms with Crippen LogP contribution in [0.5, 0.6) is 0 Å². The van der Waals surface area contributed by atoms with Crippen molar-refractivity contribution in [3.63, 3.8) is 0 Å². The summed E-state index contributed by atoms with van der Waals surface area (Å²) in [5, 5.41) is 2.32. The summed E-state index contributed by atoms with van der Waals surface area (Å²) in [4.78, 5) is 22.1. The molecule has 0 aliphatic carbocycles. The van der Waals surface area contributed by atoms with Crippen LogP contribution in [0.15, 0.2) is 24.4 Å². The van der Waals surface area contributed by atoms with Gasteiger partial charge in [0, 0.05) is 6.42 Å². The van der Waals surface area contributed by atoms with Crippen molar-refractivity contribution in [3.05, 3.63) is 35.5 Å². The zero-order valence-corrected chi connectivity index (χ0v) is 21.1. The number of amides is 1. The van der Waals surface area contributed by atoms with E-state index in [1.165, 1.54) is 33.6 Å². The van der Waals surface area contributed by atoms with Crippen LogP contribution in [0.4, 0.5) is 34.0 Å². The van der Waals surface area contributed by atoms with E-state index in [1.54, 1.807) is 0 Å². The van der Waals surface area contributed by atoms with E-state index in [0.717, 1.165) is 36.8 Å². The molecule has 0 spiro atoms. The molecule has 1 amide bonds. The number of halogens is 4. The van der Waals surface area contributed by atoms with E-state index in [2.05, 4.69) is 18.3 Å². The second kappa shape index (κ2) is 9.16. The SMILES string of the molecule is CC(F)(F)c1cc(-c2ccnc(NC(=O)[O][Sb])c2CC(F)(F)P)nc(N2CC3CC(C2)O3)c1. The number of carbonyl (C=O) groups is 1. The van der Waals surface area contributed by atoms with Crippen molar-refractivity contribution in [2.24, 2.45) is 0 Å². The fourth-order valence-electron chi connectivity index (χ4n) is 3.99. The first kappa shape index (κ1) is 24.4. The summed E-state index contributed by atoms with van der Waals surface area (Å²) in [7, 11) is 1.43. The van der Waals surface area contributed by atoms with Crippen LogP contribution < -0.4 is 10.2 Å². The van der Waals surface area contributed by atoms with E-state index < -0.39 is 24.1 Å². The van der Waals surface area contributed by atoms with Gasteiger partial charge >= 0.3 is 193 Å². The number of rotatable bonds is 6. The number of anilines is 2. The number of aromatic nitrogens is 2. The first-order chi connectivity index (χ1) is 15.4. The van der Waals surface area contributed by atoms with Gasteiger partial charge in [-0.3, -0.25) is 0 Å². The van der Waals surface area contributed by atoms with Crippen molar-refractivity contribution in [2.75, 3.05) is 23.3 Å². The number of pyridine rings is 2. The molecular weight excluding hydrogens is 573 g/mol. The number of alkyl halides is 4. The van der Waals surface area contributed by atoms with Gasteiger partial charge in [-0.2, -0.15) is 0 Å². The fourth-order valence-corrected chi connectivity index (χ4v) is 4.32.